The second kappa shape index (κ2) is 6.57. The Hall–Kier alpha value is -2.43. The van der Waals surface area contributed by atoms with Crippen molar-refractivity contribution in [1.82, 2.24) is 9.61 Å². The molecule has 2 aromatic carbocycles. The lowest BCUT2D eigenvalue weighted by molar-refractivity contribution is 0.206. The van der Waals surface area contributed by atoms with Crippen LogP contribution in [0.5, 0.6) is 5.75 Å². The van der Waals surface area contributed by atoms with Gasteiger partial charge in [0, 0.05) is 10.6 Å². The minimum atomic E-state index is 0.0101. The van der Waals surface area contributed by atoms with E-state index in [1.807, 2.05) is 26.0 Å². The molecule has 4 nitrogen and oxygen atoms in total. The lowest BCUT2D eigenvalue weighted by Gasteiger charge is -2.13. The van der Waals surface area contributed by atoms with Gasteiger partial charge in [0.25, 0.3) is 5.71 Å². The molecular formula is C22H18Cl2N2O2. The fourth-order valence-electron chi connectivity index (χ4n) is 3.98. The Morgan fingerprint density at radius 1 is 1.14 bits per heavy atom. The second-order valence-corrected chi connectivity index (χ2v) is 7.95. The molecule has 0 aliphatic heterocycles. The van der Waals surface area contributed by atoms with Crippen LogP contribution in [-0.2, 0) is 6.42 Å². The van der Waals surface area contributed by atoms with Crippen LogP contribution in [0, 0.1) is 13.8 Å². The molecule has 6 heteroatoms. The zero-order chi connectivity index (χ0) is 19.4. The maximum atomic E-state index is 6.44. The van der Waals surface area contributed by atoms with E-state index in [0.29, 0.717) is 21.5 Å². The highest BCUT2D eigenvalue weighted by molar-refractivity contribution is 6.36. The lowest BCUT2D eigenvalue weighted by atomic mass is 10.1. The molecule has 0 radical (unpaired) electrons. The molecular weight excluding hydrogens is 395 g/mol. The fourth-order valence-corrected chi connectivity index (χ4v) is 4.48. The third-order valence-corrected chi connectivity index (χ3v) is 5.83. The molecule has 1 aliphatic rings. The van der Waals surface area contributed by atoms with Gasteiger partial charge in [-0.2, -0.15) is 9.61 Å². The molecule has 0 saturated carbocycles. The van der Waals surface area contributed by atoms with E-state index in [-0.39, 0.29) is 6.10 Å². The molecule has 0 spiro atoms. The predicted molar refractivity (Wildman–Crippen MR) is 111 cm³/mol. The van der Waals surface area contributed by atoms with Gasteiger partial charge in [-0.05, 0) is 56.0 Å². The maximum Gasteiger partial charge on any atom is 0.266 e. The van der Waals surface area contributed by atoms with Crippen molar-refractivity contribution in [3.8, 4) is 17.0 Å². The monoisotopic (exact) mass is 412 g/mol. The fraction of sp³-hybridized carbons (Fsp3) is 0.227. The van der Waals surface area contributed by atoms with Crippen LogP contribution >= 0.6 is 23.2 Å². The summed E-state index contributed by atoms with van der Waals surface area (Å²) in [7, 11) is 0. The number of hydrogen-bond donors (Lipinski definition) is 0. The summed E-state index contributed by atoms with van der Waals surface area (Å²) in [5, 5.41) is 5.82. The van der Waals surface area contributed by atoms with Crippen LogP contribution in [0.4, 0.5) is 0 Å². The van der Waals surface area contributed by atoms with Crippen LogP contribution in [0.2, 0.25) is 10.0 Å². The van der Waals surface area contributed by atoms with Crippen molar-refractivity contribution in [1.29, 1.82) is 0 Å². The van der Waals surface area contributed by atoms with Gasteiger partial charge in [0.1, 0.15) is 23.3 Å². The van der Waals surface area contributed by atoms with Gasteiger partial charge >= 0.3 is 0 Å². The molecule has 4 aromatic rings. The standard InChI is InChI=1S/C22H18Cl2N2O2/c1-12-21(28-19-10-7-14-5-3-4-6-16(14)19)22-26(25-12)20(13(2)27-22)17-9-8-15(23)11-18(17)24/h3-6,8-9,11,19H,7,10H2,1-2H3. The Balaban J connectivity index is 1.60. The topological polar surface area (TPSA) is 39.7 Å². The predicted octanol–water partition coefficient (Wildman–Crippen LogP) is 6.58. The van der Waals surface area contributed by atoms with Gasteiger partial charge in [-0.3, -0.25) is 0 Å². The Kier molecular flexibility index (Phi) is 4.14. The summed E-state index contributed by atoms with van der Waals surface area (Å²) >= 11 is 12.5. The molecule has 1 atom stereocenters. The van der Waals surface area contributed by atoms with Gasteiger partial charge in [-0.15, -0.1) is 0 Å². The Bertz CT molecular complexity index is 1210. The van der Waals surface area contributed by atoms with Crippen molar-refractivity contribution in [3.63, 3.8) is 0 Å². The van der Waals surface area contributed by atoms with Crippen LogP contribution in [-0.4, -0.2) is 9.61 Å². The van der Waals surface area contributed by atoms with Gasteiger partial charge in [-0.25, -0.2) is 0 Å². The van der Waals surface area contributed by atoms with Crippen LogP contribution in [0.25, 0.3) is 17.0 Å². The van der Waals surface area contributed by atoms with Crippen molar-refractivity contribution >= 4 is 28.9 Å². The number of aryl methyl sites for hydroxylation is 3. The van der Waals surface area contributed by atoms with Gasteiger partial charge in [-0.1, -0.05) is 47.5 Å². The van der Waals surface area contributed by atoms with E-state index in [2.05, 4.69) is 29.4 Å². The van der Waals surface area contributed by atoms with Crippen molar-refractivity contribution in [3.05, 3.63) is 75.1 Å². The Morgan fingerprint density at radius 3 is 2.79 bits per heavy atom. The van der Waals surface area contributed by atoms with Crippen LogP contribution < -0.4 is 4.74 Å². The third-order valence-electron chi connectivity index (χ3n) is 5.28. The van der Waals surface area contributed by atoms with Crippen LogP contribution in [0.1, 0.15) is 35.1 Å². The quantitative estimate of drug-likeness (QED) is 0.381. The average molecular weight is 413 g/mol. The largest absolute Gasteiger partial charge is 0.478 e. The summed E-state index contributed by atoms with van der Waals surface area (Å²) in [5.74, 6) is 1.41. The summed E-state index contributed by atoms with van der Waals surface area (Å²) in [5.41, 5.74) is 5.60. The van der Waals surface area contributed by atoms with Crippen molar-refractivity contribution in [2.75, 3.05) is 0 Å². The SMILES string of the molecule is Cc1nn2c(-c3ccc(Cl)cc3Cl)c(C)oc2c1OC1CCc2ccccc21. The summed E-state index contributed by atoms with van der Waals surface area (Å²) in [4.78, 5) is 0. The van der Waals surface area contributed by atoms with E-state index < -0.39 is 0 Å². The molecule has 0 amide bonds. The first-order chi connectivity index (χ1) is 13.5. The van der Waals surface area contributed by atoms with Crippen LogP contribution in [0.15, 0.2) is 46.9 Å². The third kappa shape index (κ3) is 2.71. The zero-order valence-electron chi connectivity index (χ0n) is 15.5. The summed E-state index contributed by atoms with van der Waals surface area (Å²) in [6.45, 7) is 3.83. The van der Waals surface area contributed by atoms with E-state index in [0.717, 1.165) is 35.6 Å². The highest BCUT2D eigenvalue weighted by Crippen LogP contribution is 2.41. The number of nitrogens with zero attached hydrogens (tertiary/aromatic N) is 2. The van der Waals surface area contributed by atoms with E-state index in [1.54, 1.807) is 10.6 Å². The molecule has 142 valence electrons. The maximum absolute atomic E-state index is 6.44. The summed E-state index contributed by atoms with van der Waals surface area (Å²) < 4.78 is 14.3. The summed E-state index contributed by atoms with van der Waals surface area (Å²) in [6, 6.07) is 13.8. The summed E-state index contributed by atoms with van der Waals surface area (Å²) in [6.07, 6.45) is 1.98. The van der Waals surface area contributed by atoms with E-state index in [1.165, 1.54) is 11.1 Å². The number of benzene rings is 2. The zero-order valence-corrected chi connectivity index (χ0v) is 17.0. The number of fused-ring (bicyclic) bond motifs is 2. The first-order valence-corrected chi connectivity index (χ1v) is 9.97. The van der Waals surface area contributed by atoms with Gasteiger partial charge in [0.2, 0.25) is 5.75 Å². The number of ether oxygens (including phenoxy) is 1. The second-order valence-electron chi connectivity index (χ2n) is 7.11. The Labute approximate surface area is 172 Å². The molecule has 1 unspecified atom stereocenters. The molecule has 2 aromatic heterocycles. The molecule has 0 bridgehead atoms. The van der Waals surface area contributed by atoms with Gasteiger partial charge in [0.15, 0.2) is 0 Å². The number of hydrogen-bond acceptors (Lipinski definition) is 3. The first-order valence-electron chi connectivity index (χ1n) is 9.21. The molecule has 5 rings (SSSR count). The molecule has 1 aliphatic carbocycles. The smallest absolute Gasteiger partial charge is 0.266 e. The average Bonchev–Trinajstić information content (AvgIpc) is 3.30. The molecule has 2 heterocycles. The van der Waals surface area contributed by atoms with Crippen molar-refractivity contribution < 1.29 is 9.15 Å². The molecule has 0 saturated heterocycles. The van der Waals surface area contributed by atoms with Crippen molar-refractivity contribution in [2.45, 2.75) is 32.8 Å². The molecule has 0 fully saturated rings. The number of oxazole rings is 1. The minimum Gasteiger partial charge on any atom is -0.478 e. The lowest BCUT2D eigenvalue weighted by Crippen LogP contribution is -2.03. The van der Waals surface area contributed by atoms with Crippen molar-refractivity contribution in [2.24, 2.45) is 0 Å². The first kappa shape index (κ1) is 17.7. The van der Waals surface area contributed by atoms with Crippen LogP contribution in [0.3, 0.4) is 0 Å². The highest BCUT2D eigenvalue weighted by Gasteiger charge is 2.28. The number of aromatic nitrogens is 2. The van der Waals surface area contributed by atoms with E-state index >= 15 is 0 Å². The van der Waals surface area contributed by atoms with E-state index in [9.17, 15) is 0 Å². The highest BCUT2D eigenvalue weighted by atomic mass is 35.5. The molecule has 28 heavy (non-hydrogen) atoms. The minimum absolute atomic E-state index is 0.0101. The normalized spacial score (nSPS) is 15.9. The number of rotatable bonds is 3. The Morgan fingerprint density at radius 2 is 1.96 bits per heavy atom. The molecule has 0 N–H and O–H groups in total. The van der Waals surface area contributed by atoms with E-state index in [4.69, 9.17) is 32.4 Å². The number of halogens is 2. The van der Waals surface area contributed by atoms with Gasteiger partial charge in [0.05, 0.1) is 5.02 Å². The van der Waals surface area contributed by atoms with Gasteiger partial charge < -0.3 is 9.15 Å².